The summed E-state index contributed by atoms with van der Waals surface area (Å²) in [5.41, 5.74) is 0.967. The van der Waals surface area contributed by atoms with Gasteiger partial charge in [0.2, 0.25) is 0 Å². The molecular weight excluding hydrogens is 395 g/mol. The van der Waals surface area contributed by atoms with Crippen LogP contribution in [-0.4, -0.2) is 51.8 Å². The summed E-state index contributed by atoms with van der Waals surface area (Å²) in [4.78, 5) is 20.8. The summed E-state index contributed by atoms with van der Waals surface area (Å²) in [5, 5.41) is 4.73. The molecule has 1 atom stereocenters. The van der Waals surface area contributed by atoms with Crippen molar-refractivity contribution in [2.24, 2.45) is 7.05 Å². The van der Waals surface area contributed by atoms with Crippen LogP contribution in [0.4, 0.5) is 18.9 Å². The molecule has 158 valence electrons. The number of halogens is 3. The van der Waals surface area contributed by atoms with Crippen molar-refractivity contribution in [2.75, 3.05) is 25.0 Å². The molecule has 6 nitrogen and oxygen atoms in total. The van der Waals surface area contributed by atoms with Crippen LogP contribution in [0.1, 0.15) is 28.8 Å². The molecule has 30 heavy (non-hydrogen) atoms. The van der Waals surface area contributed by atoms with Crippen LogP contribution >= 0.6 is 0 Å². The van der Waals surface area contributed by atoms with E-state index in [0.717, 1.165) is 37.2 Å². The summed E-state index contributed by atoms with van der Waals surface area (Å²) in [5.74, 6) is -0.0932. The fraction of sp³-hybridized carbons (Fsp3) is 0.381. The van der Waals surface area contributed by atoms with Gasteiger partial charge in [-0.15, -0.1) is 0 Å². The molecule has 1 aliphatic heterocycles. The predicted octanol–water partition coefficient (Wildman–Crippen LogP) is 3.73. The number of carbonyl (C=O) groups excluding carboxylic acids is 1. The fourth-order valence-corrected chi connectivity index (χ4v) is 3.98. The molecule has 9 heteroatoms. The largest absolute Gasteiger partial charge is 0.416 e. The molecule has 0 N–H and O–H groups in total. The van der Waals surface area contributed by atoms with Gasteiger partial charge in [0, 0.05) is 56.7 Å². The lowest BCUT2D eigenvalue weighted by atomic mass is 10.0. The Labute approximate surface area is 171 Å². The summed E-state index contributed by atoms with van der Waals surface area (Å²) in [6.45, 7) is 1.37. The van der Waals surface area contributed by atoms with Crippen LogP contribution < -0.4 is 4.90 Å². The average Bonchev–Trinajstić information content (AvgIpc) is 3.17. The lowest BCUT2D eigenvalue weighted by Gasteiger charge is -2.39. The number of likely N-dealkylation sites (N-methyl/N-ethyl adjacent to an activating group) is 1. The van der Waals surface area contributed by atoms with Crippen molar-refractivity contribution in [3.05, 3.63) is 54.0 Å². The van der Waals surface area contributed by atoms with Crippen LogP contribution in [0.3, 0.4) is 0 Å². The number of rotatable bonds is 3. The minimum absolute atomic E-state index is 0.0101. The zero-order valence-corrected chi connectivity index (χ0v) is 16.7. The Bertz CT molecular complexity index is 1080. The molecule has 1 saturated heterocycles. The summed E-state index contributed by atoms with van der Waals surface area (Å²) in [6, 6.07) is 5.46. The van der Waals surface area contributed by atoms with Crippen LogP contribution in [0.15, 0.2) is 42.9 Å². The number of anilines is 1. The Morgan fingerprint density at radius 3 is 2.77 bits per heavy atom. The standard InChI is InChI=1S/C21H22F3N5O/c1-27-12-14(11-26-27)20(30)28(2)16-4-3-9-29(13-16)19-7-8-25-18-10-15(21(22,23)24)5-6-17(18)19/h5-8,10-12,16H,3-4,9,13H2,1-2H3. The third kappa shape index (κ3) is 3.83. The van der Waals surface area contributed by atoms with Crippen molar-refractivity contribution in [3.63, 3.8) is 0 Å². The zero-order chi connectivity index (χ0) is 21.5. The molecule has 0 bridgehead atoms. The third-order valence-electron chi connectivity index (χ3n) is 5.60. The molecule has 0 saturated carbocycles. The van der Waals surface area contributed by atoms with E-state index in [1.54, 1.807) is 36.1 Å². The molecule has 2 aromatic heterocycles. The second-order valence-electron chi connectivity index (χ2n) is 7.62. The highest BCUT2D eigenvalue weighted by atomic mass is 19.4. The monoisotopic (exact) mass is 417 g/mol. The summed E-state index contributed by atoms with van der Waals surface area (Å²) in [6.07, 6.45) is 2.10. The average molecular weight is 417 g/mol. The zero-order valence-electron chi connectivity index (χ0n) is 16.7. The van der Waals surface area contributed by atoms with Crippen molar-refractivity contribution >= 4 is 22.5 Å². The molecule has 1 unspecified atom stereocenters. The maximum Gasteiger partial charge on any atom is 0.416 e. The van der Waals surface area contributed by atoms with Gasteiger partial charge in [0.25, 0.3) is 5.91 Å². The highest BCUT2D eigenvalue weighted by molar-refractivity contribution is 5.94. The number of carbonyl (C=O) groups is 1. The molecule has 3 aromatic rings. The number of alkyl halides is 3. The van der Waals surface area contributed by atoms with E-state index in [9.17, 15) is 18.0 Å². The normalized spacial score (nSPS) is 17.4. The number of aromatic nitrogens is 3. The highest BCUT2D eigenvalue weighted by Crippen LogP contribution is 2.34. The number of fused-ring (bicyclic) bond motifs is 1. The van der Waals surface area contributed by atoms with Gasteiger partial charge in [-0.1, -0.05) is 6.07 Å². The SMILES string of the molecule is CN(C(=O)c1cnn(C)c1)C1CCCN(c2ccnc3cc(C(F)(F)F)ccc23)C1. The second-order valence-corrected chi connectivity index (χ2v) is 7.62. The van der Waals surface area contributed by atoms with E-state index in [1.807, 2.05) is 6.07 Å². The molecule has 0 aliphatic carbocycles. The van der Waals surface area contributed by atoms with E-state index >= 15 is 0 Å². The molecular formula is C21H22F3N5O. The van der Waals surface area contributed by atoms with Crippen LogP contribution in [-0.2, 0) is 13.2 Å². The first-order valence-electron chi connectivity index (χ1n) is 9.71. The first-order chi connectivity index (χ1) is 14.2. The number of hydrogen-bond acceptors (Lipinski definition) is 4. The first kappa shape index (κ1) is 20.2. The van der Waals surface area contributed by atoms with Gasteiger partial charge in [-0.25, -0.2) is 0 Å². The predicted molar refractivity (Wildman–Crippen MR) is 107 cm³/mol. The molecule has 0 radical (unpaired) electrons. The minimum atomic E-state index is -4.41. The number of hydrogen-bond donors (Lipinski definition) is 0. The summed E-state index contributed by atoms with van der Waals surface area (Å²) >= 11 is 0. The van der Waals surface area contributed by atoms with Crippen molar-refractivity contribution in [2.45, 2.75) is 25.1 Å². The summed E-state index contributed by atoms with van der Waals surface area (Å²) in [7, 11) is 3.54. The van der Waals surface area contributed by atoms with E-state index < -0.39 is 11.7 Å². The van der Waals surface area contributed by atoms with Crippen molar-refractivity contribution in [3.8, 4) is 0 Å². The van der Waals surface area contributed by atoms with Gasteiger partial charge in [0.15, 0.2) is 0 Å². The van der Waals surface area contributed by atoms with Gasteiger partial charge in [0.1, 0.15) is 0 Å². The molecule has 3 heterocycles. The molecule has 4 rings (SSSR count). The maximum absolute atomic E-state index is 13.0. The Morgan fingerprint density at radius 1 is 1.27 bits per heavy atom. The van der Waals surface area contributed by atoms with E-state index in [-0.39, 0.29) is 11.9 Å². The van der Waals surface area contributed by atoms with Crippen LogP contribution in [0, 0.1) is 0 Å². The van der Waals surface area contributed by atoms with Gasteiger partial charge in [-0.2, -0.15) is 18.3 Å². The molecule has 1 aromatic carbocycles. The third-order valence-corrected chi connectivity index (χ3v) is 5.60. The Hall–Kier alpha value is -3.10. The number of nitrogens with zero attached hydrogens (tertiary/aromatic N) is 5. The van der Waals surface area contributed by atoms with Gasteiger partial charge in [-0.3, -0.25) is 14.5 Å². The molecule has 1 aliphatic rings. The van der Waals surface area contributed by atoms with Crippen LogP contribution in [0.2, 0.25) is 0 Å². The Kier molecular flexibility index (Phi) is 5.13. The van der Waals surface area contributed by atoms with Crippen molar-refractivity contribution in [1.29, 1.82) is 0 Å². The topological polar surface area (TPSA) is 54.3 Å². The highest BCUT2D eigenvalue weighted by Gasteiger charge is 2.31. The number of amides is 1. The number of piperidine rings is 1. The number of aryl methyl sites for hydroxylation is 1. The summed E-state index contributed by atoms with van der Waals surface area (Å²) < 4.78 is 40.7. The smallest absolute Gasteiger partial charge is 0.369 e. The van der Waals surface area contributed by atoms with Gasteiger partial charge < -0.3 is 9.80 Å². The first-order valence-corrected chi connectivity index (χ1v) is 9.71. The van der Waals surface area contributed by atoms with E-state index in [4.69, 9.17) is 0 Å². The minimum Gasteiger partial charge on any atom is -0.369 e. The van der Waals surface area contributed by atoms with E-state index in [0.29, 0.717) is 23.0 Å². The second kappa shape index (κ2) is 7.62. The van der Waals surface area contributed by atoms with Crippen LogP contribution in [0.25, 0.3) is 10.9 Å². The number of benzene rings is 1. The van der Waals surface area contributed by atoms with Gasteiger partial charge in [-0.05, 0) is 31.0 Å². The molecule has 1 amide bonds. The van der Waals surface area contributed by atoms with Gasteiger partial charge >= 0.3 is 6.18 Å². The Morgan fingerprint density at radius 2 is 2.07 bits per heavy atom. The van der Waals surface area contributed by atoms with Gasteiger partial charge in [0.05, 0.1) is 22.8 Å². The molecule has 0 spiro atoms. The molecule has 1 fully saturated rings. The van der Waals surface area contributed by atoms with Crippen molar-refractivity contribution < 1.29 is 18.0 Å². The van der Waals surface area contributed by atoms with E-state index in [2.05, 4.69) is 15.0 Å². The quantitative estimate of drug-likeness (QED) is 0.652. The Balaban J connectivity index is 1.58. The van der Waals surface area contributed by atoms with E-state index in [1.165, 1.54) is 12.3 Å². The van der Waals surface area contributed by atoms with Crippen LogP contribution in [0.5, 0.6) is 0 Å². The lowest BCUT2D eigenvalue weighted by molar-refractivity contribution is -0.137. The number of pyridine rings is 1. The lowest BCUT2D eigenvalue weighted by Crippen LogP contribution is -2.48. The fourth-order valence-electron chi connectivity index (χ4n) is 3.98. The van der Waals surface area contributed by atoms with Crippen molar-refractivity contribution in [1.82, 2.24) is 19.7 Å². The maximum atomic E-state index is 13.0.